The van der Waals surface area contributed by atoms with Crippen LogP contribution in [-0.2, 0) is 6.42 Å². The Balaban J connectivity index is 1.63. The van der Waals surface area contributed by atoms with E-state index in [4.69, 9.17) is 4.74 Å². The molecule has 1 aliphatic heterocycles. The topological polar surface area (TPSA) is 32.8 Å². The number of carbonyl (C=O) groups is 1. The minimum atomic E-state index is 0.0405. The highest BCUT2D eigenvalue weighted by molar-refractivity contribution is 9.10. The molecule has 0 saturated heterocycles. The average molecular weight is 455 g/mol. The molecule has 0 bridgehead atoms. The Hall–Kier alpha value is -2.37. The lowest BCUT2D eigenvalue weighted by molar-refractivity contribution is 0.0985. The predicted octanol–water partition coefficient (Wildman–Crippen LogP) is 5.09. The minimum Gasteiger partial charge on any atom is -0.490 e. The van der Waals surface area contributed by atoms with E-state index < -0.39 is 0 Å². The molecule has 5 heteroatoms. The molecule has 0 aromatic heterocycles. The number of aryl methyl sites for hydroxylation is 1. The molecule has 2 aromatic rings. The van der Waals surface area contributed by atoms with E-state index in [2.05, 4.69) is 46.6 Å². The van der Waals surface area contributed by atoms with Gasteiger partial charge in [0.25, 0.3) is 5.91 Å². The maximum atomic E-state index is 13.0. The Morgan fingerprint density at radius 1 is 1.21 bits per heavy atom. The van der Waals surface area contributed by atoms with Crippen molar-refractivity contribution in [2.75, 3.05) is 38.2 Å². The summed E-state index contributed by atoms with van der Waals surface area (Å²) in [5, 5.41) is 0. The number of ether oxygens (including phenoxy) is 1. The third-order valence-corrected chi connectivity index (χ3v) is 5.41. The van der Waals surface area contributed by atoms with E-state index in [1.807, 2.05) is 53.5 Å². The minimum absolute atomic E-state index is 0.0405. The molecular weight excluding hydrogens is 428 g/mol. The molecule has 3 rings (SSSR count). The van der Waals surface area contributed by atoms with Gasteiger partial charge in [-0.2, -0.15) is 0 Å². The van der Waals surface area contributed by atoms with Crippen LogP contribution < -0.4 is 9.64 Å². The van der Waals surface area contributed by atoms with Crippen molar-refractivity contribution in [1.29, 1.82) is 0 Å². The number of nitrogens with zero attached hydrogens (tertiary/aromatic N) is 2. The van der Waals surface area contributed by atoms with Crippen LogP contribution in [0.3, 0.4) is 0 Å². The van der Waals surface area contributed by atoms with Crippen molar-refractivity contribution in [2.45, 2.75) is 12.8 Å². The maximum Gasteiger partial charge on any atom is 0.258 e. The maximum absolute atomic E-state index is 13.0. The molecule has 0 radical (unpaired) electrons. The van der Waals surface area contributed by atoms with Gasteiger partial charge in [0.05, 0.1) is 0 Å². The molecule has 1 aliphatic rings. The van der Waals surface area contributed by atoms with E-state index in [1.54, 1.807) is 0 Å². The molecule has 0 aliphatic carbocycles. The van der Waals surface area contributed by atoms with Gasteiger partial charge in [-0.3, -0.25) is 9.69 Å². The molecule has 0 saturated carbocycles. The van der Waals surface area contributed by atoms with Crippen molar-refractivity contribution in [1.82, 2.24) is 4.90 Å². The number of rotatable bonds is 8. The molecule has 1 heterocycles. The molecule has 2 aromatic carbocycles. The molecule has 1 amide bonds. The summed E-state index contributed by atoms with van der Waals surface area (Å²) >= 11 is 3.42. The number of halogens is 1. The van der Waals surface area contributed by atoms with Gasteiger partial charge in [0.1, 0.15) is 12.4 Å². The summed E-state index contributed by atoms with van der Waals surface area (Å²) in [5.41, 5.74) is 2.85. The molecule has 0 fully saturated rings. The van der Waals surface area contributed by atoms with Gasteiger partial charge in [0, 0.05) is 35.4 Å². The van der Waals surface area contributed by atoms with Crippen LogP contribution in [0, 0.1) is 0 Å². The highest BCUT2D eigenvalue weighted by atomic mass is 79.9. The van der Waals surface area contributed by atoms with Gasteiger partial charge in [-0.1, -0.05) is 34.2 Å². The number of benzene rings is 2. The summed E-state index contributed by atoms with van der Waals surface area (Å²) in [6.45, 7) is 6.74. The van der Waals surface area contributed by atoms with Crippen molar-refractivity contribution in [3.63, 3.8) is 0 Å². The largest absolute Gasteiger partial charge is 0.490 e. The van der Waals surface area contributed by atoms with Gasteiger partial charge >= 0.3 is 0 Å². The molecule has 152 valence electrons. The summed E-state index contributed by atoms with van der Waals surface area (Å²) in [5.74, 6) is 0.879. The van der Waals surface area contributed by atoms with Crippen LogP contribution in [0.4, 0.5) is 5.69 Å². The Bertz CT molecular complexity index is 877. The van der Waals surface area contributed by atoms with Crippen LogP contribution in [0.1, 0.15) is 22.3 Å². The number of hydrogen-bond donors (Lipinski definition) is 0. The van der Waals surface area contributed by atoms with Gasteiger partial charge in [-0.25, -0.2) is 0 Å². The zero-order valence-electron chi connectivity index (χ0n) is 16.8. The van der Waals surface area contributed by atoms with Gasteiger partial charge in [-0.05, 0) is 67.9 Å². The van der Waals surface area contributed by atoms with Gasteiger partial charge in [0.2, 0.25) is 0 Å². The predicted molar refractivity (Wildman–Crippen MR) is 123 cm³/mol. The lowest BCUT2D eigenvalue weighted by Gasteiger charge is -2.30. The van der Waals surface area contributed by atoms with Crippen molar-refractivity contribution in [3.05, 3.63) is 82.9 Å². The Labute approximate surface area is 181 Å². The smallest absolute Gasteiger partial charge is 0.258 e. The second kappa shape index (κ2) is 10.4. The first-order valence-corrected chi connectivity index (χ1v) is 10.7. The fourth-order valence-electron chi connectivity index (χ4n) is 3.38. The van der Waals surface area contributed by atoms with Crippen molar-refractivity contribution >= 4 is 27.5 Å². The number of carbonyl (C=O) groups excluding carboxylic acids is 1. The van der Waals surface area contributed by atoms with Crippen molar-refractivity contribution < 1.29 is 9.53 Å². The normalized spacial score (nSPS) is 13.6. The zero-order valence-corrected chi connectivity index (χ0v) is 18.4. The van der Waals surface area contributed by atoms with Crippen LogP contribution in [0.5, 0.6) is 5.75 Å². The number of hydrogen-bond acceptors (Lipinski definition) is 3. The van der Waals surface area contributed by atoms with E-state index in [-0.39, 0.29) is 5.91 Å². The summed E-state index contributed by atoms with van der Waals surface area (Å²) in [6.07, 6.45) is 7.93. The van der Waals surface area contributed by atoms with Gasteiger partial charge in [0.15, 0.2) is 0 Å². The van der Waals surface area contributed by atoms with Crippen LogP contribution >= 0.6 is 15.9 Å². The average Bonchev–Trinajstić information content (AvgIpc) is 2.73. The van der Waals surface area contributed by atoms with Crippen LogP contribution in [0.15, 0.2) is 71.7 Å². The van der Waals surface area contributed by atoms with E-state index in [0.29, 0.717) is 12.2 Å². The third-order valence-electron chi connectivity index (χ3n) is 4.88. The van der Waals surface area contributed by atoms with Crippen LogP contribution in [-0.4, -0.2) is 44.1 Å². The van der Waals surface area contributed by atoms with E-state index in [0.717, 1.165) is 53.9 Å². The summed E-state index contributed by atoms with van der Waals surface area (Å²) in [6, 6.07) is 13.5. The fraction of sp³-hybridized carbons (Fsp3) is 0.292. The monoisotopic (exact) mass is 454 g/mol. The number of amides is 1. The first-order chi connectivity index (χ1) is 14.1. The van der Waals surface area contributed by atoms with E-state index in [9.17, 15) is 4.79 Å². The standard InChI is InChI=1S/C24H27BrN2O2/c1-3-14-26(2)15-4-5-17-29-22-12-13-23-20(18-22)7-6-16-27(23)24(28)19-8-10-21(25)11-9-19/h3-5,8-13,18H,1,6-7,14-17H2,2H3. The SMILES string of the molecule is C=CCN(C)CC=CCOc1ccc2c(c1)CCCN2C(=O)c1ccc(Br)cc1. The fourth-order valence-corrected chi connectivity index (χ4v) is 3.65. The first-order valence-electron chi connectivity index (χ1n) is 9.86. The lowest BCUT2D eigenvalue weighted by atomic mass is 10.0. The first kappa shape index (κ1) is 21.3. The van der Waals surface area contributed by atoms with Crippen LogP contribution in [0.25, 0.3) is 0 Å². The number of likely N-dealkylation sites (N-methyl/N-ethyl adjacent to an activating group) is 1. The van der Waals surface area contributed by atoms with Gasteiger partial charge in [-0.15, -0.1) is 6.58 Å². The van der Waals surface area contributed by atoms with Crippen molar-refractivity contribution in [3.8, 4) is 5.75 Å². The van der Waals surface area contributed by atoms with Gasteiger partial charge < -0.3 is 9.64 Å². The quantitative estimate of drug-likeness (QED) is 0.520. The lowest BCUT2D eigenvalue weighted by Crippen LogP contribution is -2.35. The zero-order chi connectivity index (χ0) is 20.6. The summed E-state index contributed by atoms with van der Waals surface area (Å²) < 4.78 is 6.84. The molecule has 0 N–H and O–H groups in total. The number of fused-ring (bicyclic) bond motifs is 1. The van der Waals surface area contributed by atoms with Crippen molar-refractivity contribution in [2.24, 2.45) is 0 Å². The molecule has 0 spiro atoms. The molecular formula is C24H27BrN2O2. The summed E-state index contributed by atoms with van der Waals surface area (Å²) in [4.78, 5) is 17.0. The Morgan fingerprint density at radius 3 is 2.76 bits per heavy atom. The Kier molecular flexibility index (Phi) is 7.67. The second-order valence-corrected chi connectivity index (χ2v) is 8.07. The highest BCUT2D eigenvalue weighted by Gasteiger charge is 2.23. The molecule has 0 atom stereocenters. The van der Waals surface area contributed by atoms with E-state index >= 15 is 0 Å². The Morgan fingerprint density at radius 2 is 2.00 bits per heavy atom. The second-order valence-electron chi connectivity index (χ2n) is 7.15. The highest BCUT2D eigenvalue weighted by Crippen LogP contribution is 2.31. The molecule has 29 heavy (non-hydrogen) atoms. The number of anilines is 1. The van der Waals surface area contributed by atoms with E-state index in [1.165, 1.54) is 0 Å². The summed E-state index contributed by atoms with van der Waals surface area (Å²) in [7, 11) is 2.05. The molecule has 4 nitrogen and oxygen atoms in total. The third kappa shape index (κ3) is 5.81. The van der Waals surface area contributed by atoms with Crippen LogP contribution in [0.2, 0.25) is 0 Å². The molecule has 0 unspecified atom stereocenters.